The summed E-state index contributed by atoms with van der Waals surface area (Å²) in [5.41, 5.74) is 0.977. The summed E-state index contributed by atoms with van der Waals surface area (Å²) >= 11 is 0. The van der Waals surface area contributed by atoms with Gasteiger partial charge < -0.3 is 10.2 Å². The Morgan fingerprint density at radius 2 is 1.95 bits per heavy atom. The Morgan fingerprint density at radius 3 is 2.45 bits per heavy atom. The lowest BCUT2D eigenvalue weighted by Gasteiger charge is -2.24. The normalized spacial score (nSPS) is 11.7. The molecule has 0 aromatic carbocycles. The summed E-state index contributed by atoms with van der Waals surface area (Å²) in [5.74, 6) is 0.378. The van der Waals surface area contributed by atoms with Gasteiger partial charge >= 0.3 is 6.18 Å². The van der Waals surface area contributed by atoms with E-state index in [0.717, 1.165) is 18.5 Å². The summed E-state index contributed by atoms with van der Waals surface area (Å²) in [6.07, 6.45) is -0.881. The van der Waals surface area contributed by atoms with Crippen LogP contribution in [0.15, 0.2) is 18.3 Å². The van der Waals surface area contributed by atoms with Crippen LogP contribution >= 0.6 is 0 Å². The van der Waals surface area contributed by atoms with Crippen molar-refractivity contribution in [2.45, 2.75) is 39.4 Å². The van der Waals surface area contributed by atoms with Crippen LogP contribution in [0, 0.1) is 0 Å². The van der Waals surface area contributed by atoms with Crippen molar-refractivity contribution in [1.82, 2.24) is 10.3 Å². The fourth-order valence-corrected chi connectivity index (χ4v) is 1.88. The predicted octanol–water partition coefficient (Wildman–Crippen LogP) is 3.36. The number of anilines is 1. The van der Waals surface area contributed by atoms with E-state index < -0.39 is 12.7 Å². The van der Waals surface area contributed by atoms with Crippen molar-refractivity contribution >= 4 is 5.82 Å². The molecule has 0 aliphatic carbocycles. The van der Waals surface area contributed by atoms with Gasteiger partial charge in [-0.2, -0.15) is 13.2 Å². The van der Waals surface area contributed by atoms with Crippen LogP contribution in [0.4, 0.5) is 19.0 Å². The third kappa shape index (κ3) is 6.23. The highest BCUT2D eigenvalue weighted by atomic mass is 19.4. The molecule has 1 heterocycles. The third-order valence-electron chi connectivity index (χ3n) is 2.75. The lowest BCUT2D eigenvalue weighted by molar-refractivity contribution is -0.119. The van der Waals surface area contributed by atoms with Gasteiger partial charge in [0.25, 0.3) is 0 Å². The van der Waals surface area contributed by atoms with Crippen LogP contribution in [0.5, 0.6) is 0 Å². The Labute approximate surface area is 118 Å². The number of halogens is 3. The molecule has 0 unspecified atom stereocenters. The third-order valence-corrected chi connectivity index (χ3v) is 2.75. The maximum absolute atomic E-state index is 12.5. The molecule has 1 aromatic rings. The van der Waals surface area contributed by atoms with Gasteiger partial charge in [0.15, 0.2) is 0 Å². The zero-order valence-corrected chi connectivity index (χ0v) is 12.0. The molecule has 0 spiro atoms. The highest BCUT2D eigenvalue weighted by molar-refractivity contribution is 5.39. The van der Waals surface area contributed by atoms with Crippen molar-refractivity contribution in [3.63, 3.8) is 0 Å². The van der Waals surface area contributed by atoms with Crippen LogP contribution in [0.1, 0.15) is 32.3 Å². The van der Waals surface area contributed by atoms with E-state index >= 15 is 0 Å². The van der Waals surface area contributed by atoms with Crippen LogP contribution in [0.3, 0.4) is 0 Å². The number of hydrogen-bond donors (Lipinski definition) is 1. The van der Waals surface area contributed by atoms with Crippen LogP contribution in [-0.4, -0.2) is 30.8 Å². The molecule has 1 aromatic heterocycles. The molecule has 0 bridgehead atoms. The number of rotatable bonds is 8. The molecule has 1 N–H and O–H groups in total. The Bertz CT molecular complexity index is 376. The zero-order chi connectivity index (χ0) is 15.0. The number of alkyl halides is 3. The second-order valence-electron chi connectivity index (χ2n) is 4.74. The van der Waals surface area contributed by atoms with Crippen LogP contribution in [0.25, 0.3) is 0 Å². The van der Waals surface area contributed by atoms with E-state index in [4.69, 9.17) is 0 Å². The van der Waals surface area contributed by atoms with E-state index in [2.05, 4.69) is 17.2 Å². The second kappa shape index (κ2) is 8.09. The molecule has 6 heteroatoms. The van der Waals surface area contributed by atoms with E-state index in [9.17, 15) is 13.2 Å². The second-order valence-corrected chi connectivity index (χ2v) is 4.74. The first-order valence-corrected chi connectivity index (χ1v) is 6.93. The molecule has 114 valence electrons. The molecule has 0 atom stereocenters. The smallest absolute Gasteiger partial charge is 0.348 e. The molecule has 0 saturated carbocycles. The molecule has 0 saturated heterocycles. The highest BCUT2D eigenvalue weighted by Crippen LogP contribution is 2.21. The molecule has 0 fully saturated rings. The average molecular weight is 289 g/mol. The van der Waals surface area contributed by atoms with Gasteiger partial charge in [0.1, 0.15) is 12.4 Å². The van der Waals surface area contributed by atoms with Gasteiger partial charge in [0.05, 0.1) is 0 Å². The Morgan fingerprint density at radius 1 is 1.20 bits per heavy atom. The minimum absolute atomic E-state index is 0.347. The van der Waals surface area contributed by atoms with Crippen LogP contribution in [0.2, 0.25) is 0 Å². The topological polar surface area (TPSA) is 28.2 Å². The maximum atomic E-state index is 12.5. The summed E-state index contributed by atoms with van der Waals surface area (Å²) in [4.78, 5) is 5.41. The Balaban J connectivity index is 2.67. The molecule has 3 nitrogen and oxygen atoms in total. The fourth-order valence-electron chi connectivity index (χ4n) is 1.88. The molecule has 0 radical (unpaired) electrons. The molecule has 0 aliphatic heterocycles. The molecule has 0 amide bonds. The van der Waals surface area contributed by atoms with E-state index in [0.29, 0.717) is 25.3 Å². The van der Waals surface area contributed by atoms with E-state index in [1.807, 2.05) is 13.0 Å². The van der Waals surface area contributed by atoms with Gasteiger partial charge in [-0.1, -0.05) is 19.9 Å². The van der Waals surface area contributed by atoms with Crippen LogP contribution < -0.4 is 10.2 Å². The van der Waals surface area contributed by atoms with E-state index in [1.165, 1.54) is 4.90 Å². The number of hydrogen-bond acceptors (Lipinski definition) is 3. The number of aromatic nitrogens is 1. The van der Waals surface area contributed by atoms with Gasteiger partial charge in [-0.15, -0.1) is 0 Å². The largest absolute Gasteiger partial charge is 0.405 e. The minimum Gasteiger partial charge on any atom is -0.348 e. The van der Waals surface area contributed by atoms with Crippen molar-refractivity contribution in [3.8, 4) is 0 Å². The average Bonchev–Trinajstić information content (AvgIpc) is 2.38. The predicted molar refractivity (Wildman–Crippen MR) is 74.8 cm³/mol. The van der Waals surface area contributed by atoms with Crippen molar-refractivity contribution in [3.05, 3.63) is 23.9 Å². The SMILES string of the molecule is CCCNCc1ccc(N(CCC)CC(F)(F)F)nc1. The van der Waals surface area contributed by atoms with Gasteiger partial charge in [-0.3, -0.25) is 0 Å². The maximum Gasteiger partial charge on any atom is 0.405 e. The molecule has 0 aliphatic rings. The quantitative estimate of drug-likeness (QED) is 0.744. The first kappa shape index (κ1) is 16.8. The minimum atomic E-state index is -4.21. The van der Waals surface area contributed by atoms with Gasteiger partial charge in [-0.05, 0) is 31.0 Å². The van der Waals surface area contributed by atoms with Crippen molar-refractivity contribution in [1.29, 1.82) is 0 Å². The number of nitrogens with zero attached hydrogens (tertiary/aromatic N) is 2. The summed E-state index contributed by atoms with van der Waals surface area (Å²) < 4.78 is 37.6. The number of pyridine rings is 1. The fraction of sp³-hybridized carbons (Fsp3) is 0.643. The monoisotopic (exact) mass is 289 g/mol. The van der Waals surface area contributed by atoms with Gasteiger partial charge in [0, 0.05) is 19.3 Å². The molecule has 20 heavy (non-hydrogen) atoms. The first-order valence-electron chi connectivity index (χ1n) is 6.93. The van der Waals surface area contributed by atoms with Crippen LogP contribution in [-0.2, 0) is 6.54 Å². The summed E-state index contributed by atoms with van der Waals surface area (Å²) in [5, 5.41) is 3.23. The number of nitrogens with one attached hydrogen (secondary N) is 1. The lowest BCUT2D eigenvalue weighted by Crippen LogP contribution is -2.35. The van der Waals surface area contributed by atoms with E-state index in [1.54, 1.807) is 12.3 Å². The van der Waals surface area contributed by atoms with Crippen molar-refractivity contribution < 1.29 is 13.2 Å². The summed E-state index contributed by atoms with van der Waals surface area (Å²) in [6.45, 7) is 4.92. The summed E-state index contributed by atoms with van der Waals surface area (Å²) in [7, 11) is 0. The molecular formula is C14H22F3N3. The van der Waals surface area contributed by atoms with Crippen molar-refractivity contribution in [2.24, 2.45) is 0 Å². The Kier molecular flexibility index (Phi) is 6.78. The molecular weight excluding hydrogens is 267 g/mol. The lowest BCUT2D eigenvalue weighted by atomic mass is 10.2. The van der Waals surface area contributed by atoms with Gasteiger partial charge in [0.2, 0.25) is 0 Å². The van der Waals surface area contributed by atoms with Gasteiger partial charge in [-0.25, -0.2) is 4.98 Å². The first-order chi connectivity index (χ1) is 9.46. The Hall–Kier alpha value is -1.30. The van der Waals surface area contributed by atoms with E-state index in [-0.39, 0.29) is 0 Å². The summed E-state index contributed by atoms with van der Waals surface area (Å²) in [6, 6.07) is 3.48. The van der Waals surface area contributed by atoms with Crippen molar-refractivity contribution in [2.75, 3.05) is 24.5 Å². The highest BCUT2D eigenvalue weighted by Gasteiger charge is 2.31. The molecule has 1 rings (SSSR count). The zero-order valence-electron chi connectivity index (χ0n) is 12.0. The standard InChI is InChI=1S/C14H22F3N3/c1-3-7-18-9-12-5-6-13(19-10-12)20(8-4-2)11-14(15,16)17/h5-6,10,18H,3-4,7-9,11H2,1-2H3.